The van der Waals surface area contributed by atoms with Crippen molar-refractivity contribution in [2.24, 2.45) is 0 Å². The Labute approximate surface area is 162 Å². The van der Waals surface area contributed by atoms with Crippen LogP contribution in [-0.2, 0) is 0 Å². The third-order valence-corrected chi connectivity index (χ3v) is 4.88. The fourth-order valence-corrected chi connectivity index (χ4v) is 3.43. The molecular weight excluding hydrogens is 384 g/mol. The molecule has 1 aromatic carbocycles. The molecule has 0 aliphatic rings. The van der Waals surface area contributed by atoms with Crippen molar-refractivity contribution in [1.29, 1.82) is 0 Å². The zero-order valence-corrected chi connectivity index (χ0v) is 15.4. The molecule has 6 nitrogen and oxygen atoms in total. The van der Waals surface area contributed by atoms with Crippen molar-refractivity contribution in [3.63, 3.8) is 0 Å². The van der Waals surface area contributed by atoms with Gasteiger partial charge in [-0.2, -0.15) is 0 Å². The van der Waals surface area contributed by atoms with Crippen LogP contribution < -0.4 is 5.32 Å². The molecule has 0 bridgehead atoms. The topological polar surface area (TPSA) is 72.7 Å². The molecule has 0 atom stereocenters. The van der Waals surface area contributed by atoms with E-state index in [0.29, 0.717) is 27.8 Å². The van der Waals surface area contributed by atoms with Crippen molar-refractivity contribution in [3.05, 3.63) is 77.3 Å². The smallest absolute Gasteiger partial charge is 0.259 e. The Kier molecular flexibility index (Phi) is 4.66. The molecule has 0 spiro atoms. The molecule has 0 saturated heterocycles. The lowest BCUT2D eigenvalue weighted by atomic mass is 10.1. The molecule has 9 heteroatoms. The number of imidazole rings is 1. The number of thiazole rings is 1. The van der Waals surface area contributed by atoms with Crippen LogP contribution in [0.3, 0.4) is 0 Å². The SMILES string of the molecule is Cc1sc(NC(=O)c2ccc(-n3ccnc3)nc2)nc1-c1ccc(F)c(F)c1. The van der Waals surface area contributed by atoms with Crippen molar-refractivity contribution in [1.82, 2.24) is 19.5 Å². The summed E-state index contributed by atoms with van der Waals surface area (Å²) in [6, 6.07) is 6.94. The monoisotopic (exact) mass is 397 g/mol. The van der Waals surface area contributed by atoms with Gasteiger partial charge < -0.3 is 0 Å². The first-order valence-corrected chi connectivity index (χ1v) is 9.01. The molecule has 0 fully saturated rings. The number of nitrogens with zero attached hydrogens (tertiary/aromatic N) is 4. The fraction of sp³-hybridized carbons (Fsp3) is 0.0526. The van der Waals surface area contributed by atoms with Gasteiger partial charge in [0.15, 0.2) is 16.8 Å². The lowest BCUT2D eigenvalue weighted by Crippen LogP contribution is -2.12. The Hall–Kier alpha value is -3.46. The van der Waals surface area contributed by atoms with Crippen LogP contribution in [0.25, 0.3) is 17.1 Å². The van der Waals surface area contributed by atoms with E-state index in [4.69, 9.17) is 0 Å². The van der Waals surface area contributed by atoms with Gasteiger partial charge in [-0.25, -0.2) is 23.7 Å². The minimum absolute atomic E-state index is 0.362. The van der Waals surface area contributed by atoms with Gasteiger partial charge in [-0.3, -0.25) is 14.7 Å². The number of benzene rings is 1. The number of nitrogens with one attached hydrogen (secondary N) is 1. The minimum Gasteiger partial charge on any atom is -0.298 e. The molecule has 1 amide bonds. The molecule has 4 rings (SSSR count). The summed E-state index contributed by atoms with van der Waals surface area (Å²) >= 11 is 1.25. The summed E-state index contributed by atoms with van der Waals surface area (Å²) in [5.74, 6) is -1.59. The van der Waals surface area contributed by atoms with E-state index in [1.54, 1.807) is 42.3 Å². The van der Waals surface area contributed by atoms with Crippen molar-refractivity contribution in [2.75, 3.05) is 5.32 Å². The van der Waals surface area contributed by atoms with Crippen molar-refractivity contribution < 1.29 is 13.6 Å². The first-order chi connectivity index (χ1) is 13.5. The summed E-state index contributed by atoms with van der Waals surface area (Å²) in [6.45, 7) is 1.80. The Morgan fingerprint density at radius 1 is 1.18 bits per heavy atom. The Bertz CT molecular complexity index is 1140. The van der Waals surface area contributed by atoms with E-state index in [1.165, 1.54) is 23.6 Å². The van der Waals surface area contributed by atoms with Crippen molar-refractivity contribution in [2.45, 2.75) is 6.92 Å². The number of aryl methyl sites for hydroxylation is 1. The zero-order chi connectivity index (χ0) is 19.7. The van der Waals surface area contributed by atoms with Crippen LogP contribution in [-0.4, -0.2) is 25.4 Å². The lowest BCUT2D eigenvalue weighted by Gasteiger charge is -2.04. The number of carbonyl (C=O) groups excluding carboxylic acids is 1. The van der Waals surface area contributed by atoms with Crippen LogP contribution in [0.1, 0.15) is 15.2 Å². The molecule has 0 unspecified atom stereocenters. The molecule has 0 saturated carbocycles. The third-order valence-electron chi connectivity index (χ3n) is 3.99. The van der Waals surface area contributed by atoms with Gasteiger partial charge in [-0.05, 0) is 37.3 Å². The van der Waals surface area contributed by atoms with Gasteiger partial charge in [0.2, 0.25) is 0 Å². The van der Waals surface area contributed by atoms with E-state index in [1.807, 2.05) is 0 Å². The van der Waals surface area contributed by atoms with E-state index in [2.05, 4.69) is 20.3 Å². The highest BCUT2D eigenvalue weighted by Crippen LogP contribution is 2.31. The van der Waals surface area contributed by atoms with Gasteiger partial charge in [0, 0.05) is 29.0 Å². The number of amides is 1. The van der Waals surface area contributed by atoms with E-state index in [0.717, 1.165) is 17.0 Å². The van der Waals surface area contributed by atoms with Crippen LogP contribution in [0.5, 0.6) is 0 Å². The van der Waals surface area contributed by atoms with Gasteiger partial charge in [-0.1, -0.05) is 0 Å². The zero-order valence-electron chi connectivity index (χ0n) is 14.6. The van der Waals surface area contributed by atoms with Gasteiger partial charge in [0.25, 0.3) is 5.91 Å². The van der Waals surface area contributed by atoms with Crippen LogP contribution in [0.2, 0.25) is 0 Å². The Morgan fingerprint density at radius 2 is 2.04 bits per heavy atom. The summed E-state index contributed by atoms with van der Waals surface area (Å²) in [5, 5.41) is 3.07. The molecule has 3 heterocycles. The first-order valence-electron chi connectivity index (χ1n) is 8.20. The Morgan fingerprint density at radius 3 is 2.71 bits per heavy atom. The summed E-state index contributed by atoms with van der Waals surface area (Å²) in [4.78, 5) is 25.8. The third kappa shape index (κ3) is 3.52. The van der Waals surface area contributed by atoms with Gasteiger partial charge in [0.05, 0.1) is 11.3 Å². The molecule has 0 aliphatic carbocycles. The number of carbonyl (C=O) groups is 1. The van der Waals surface area contributed by atoms with Crippen LogP contribution >= 0.6 is 11.3 Å². The fourth-order valence-electron chi connectivity index (χ4n) is 2.60. The average Bonchev–Trinajstić information content (AvgIpc) is 3.34. The summed E-state index contributed by atoms with van der Waals surface area (Å²) < 4.78 is 28.3. The van der Waals surface area contributed by atoms with Gasteiger partial charge >= 0.3 is 0 Å². The predicted octanol–water partition coefficient (Wildman–Crippen LogP) is 4.23. The van der Waals surface area contributed by atoms with E-state index < -0.39 is 11.6 Å². The molecule has 0 radical (unpaired) electrons. The normalized spacial score (nSPS) is 10.8. The highest BCUT2D eigenvalue weighted by atomic mass is 32.1. The van der Waals surface area contributed by atoms with E-state index in [-0.39, 0.29) is 5.91 Å². The maximum atomic E-state index is 13.5. The molecule has 140 valence electrons. The molecule has 1 N–H and O–H groups in total. The van der Waals surface area contributed by atoms with Gasteiger partial charge in [-0.15, -0.1) is 11.3 Å². The highest BCUT2D eigenvalue weighted by Gasteiger charge is 2.15. The lowest BCUT2D eigenvalue weighted by molar-refractivity contribution is 0.102. The largest absolute Gasteiger partial charge is 0.298 e. The second-order valence-electron chi connectivity index (χ2n) is 5.88. The number of hydrogen-bond acceptors (Lipinski definition) is 5. The molecule has 3 aromatic heterocycles. The standard InChI is InChI=1S/C19H13F2N5OS/c1-11-17(12-2-4-14(20)15(21)8-12)24-19(28-11)25-18(27)13-3-5-16(23-9-13)26-7-6-22-10-26/h2-10H,1H3,(H,24,25,27). The number of hydrogen-bond donors (Lipinski definition) is 1. The Balaban J connectivity index is 1.53. The van der Waals surface area contributed by atoms with Crippen molar-refractivity contribution in [3.8, 4) is 17.1 Å². The second-order valence-corrected chi connectivity index (χ2v) is 7.09. The number of anilines is 1. The average molecular weight is 397 g/mol. The summed E-state index contributed by atoms with van der Waals surface area (Å²) in [6.07, 6.45) is 6.46. The first kappa shape index (κ1) is 17.9. The maximum absolute atomic E-state index is 13.5. The highest BCUT2D eigenvalue weighted by molar-refractivity contribution is 7.16. The summed E-state index contributed by atoms with van der Waals surface area (Å²) in [7, 11) is 0. The van der Waals surface area contributed by atoms with Crippen LogP contribution in [0.15, 0.2) is 55.2 Å². The van der Waals surface area contributed by atoms with Crippen LogP contribution in [0.4, 0.5) is 13.9 Å². The van der Waals surface area contributed by atoms with E-state index in [9.17, 15) is 13.6 Å². The summed E-state index contributed by atoms with van der Waals surface area (Å²) in [5.41, 5.74) is 1.30. The number of aromatic nitrogens is 4. The van der Waals surface area contributed by atoms with E-state index >= 15 is 0 Å². The van der Waals surface area contributed by atoms with Crippen LogP contribution in [0, 0.1) is 18.6 Å². The van der Waals surface area contributed by atoms with Gasteiger partial charge in [0.1, 0.15) is 12.1 Å². The number of rotatable bonds is 4. The van der Waals surface area contributed by atoms with Crippen molar-refractivity contribution >= 4 is 22.4 Å². The predicted molar refractivity (Wildman–Crippen MR) is 102 cm³/mol. The molecule has 4 aromatic rings. The maximum Gasteiger partial charge on any atom is 0.259 e. The number of pyridine rings is 1. The molecular formula is C19H13F2N5OS. The minimum atomic E-state index is -0.945. The second kappa shape index (κ2) is 7.28. The quantitative estimate of drug-likeness (QED) is 0.559. The molecule has 28 heavy (non-hydrogen) atoms. The number of halogens is 2. The molecule has 0 aliphatic heterocycles.